The average Bonchev–Trinajstić information content (AvgIpc) is 2.74. The molecule has 6 nitrogen and oxygen atoms in total. The number of anilines is 1. The van der Waals surface area contributed by atoms with E-state index in [1.807, 2.05) is 37.3 Å². The minimum absolute atomic E-state index is 0.101. The molecule has 0 aliphatic rings. The van der Waals surface area contributed by atoms with Gasteiger partial charge in [0, 0.05) is 18.1 Å². The summed E-state index contributed by atoms with van der Waals surface area (Å²) in [6.45, 7) is 1.87. The Labute approximate surface area is 176 Å². The number of aryl methyl sites for hydroxylation is 1. The van der Waals surface area contributed by atoms with Crippen LogP contribution in [0.2, 0.25) is 0 Å². The van der Waals surface area contributed by atoms with Crippen molar-refractivity contribution < 1.29 is 22.7 Å². The van der Waals surface area contributed by atoms with E-state index in [0.717, 1.165) is 11.1 Å². The third-order valence-electron chi connectivity index (χ3n) is 4.61. The molecule has 3 aromatic carbocycles. The van der Waals surface area contributed by atoms with Gasteiger partial charge in [-0.05, 0) is 30.7 Å². The van der Waals surface area contributed by atoms with Crippen LogP contribution < -0.4 is 14.2 Å². The Balaban J connectivity index is 2.03. The summed E-state index contributed by atoms with van der Waals surface area (Å²) in [6, 6.07) is 18.7. The first-order chi connectivity index (χ1) is 14.3. The molecule has 0 spiro atoms. The molecule has 0 aromatic heterocycles. The lowest BCUT2D eigenvalue weighted by Crippen LogP contribution is -2.17. The van der Waals surface area contributed by atoms with Crippen LogP contribution in [-0.4, -0.2) is 28.4 Å². The number of sulfonamides is 1. The molecule has 0 heterocycles. The van der Waals surface area contributed by atoms with Crippen molar-refractivity contribution in [3.05, 3.63) is 83.4 Å². The van der Waals surface area contributed by atoms with Crippen LogP contribution in [0.3, 0.4) is 0 Å². The van der Waals surface area contributed by atoms with Crippen molar-refractivity contribution in [3.8, 4) is 11.5 Å². The van der Waals surface area contributed by atoms with Gasteiger partial charge in [-0.25, -0.2) is 8.42 Å². The van der Waals surface area contributed by atoms with Crippen molar-refractivity contribution in [2.75, 3.05) is 18.9 Å². The number of ketones is 1. The van der Waals surface area contributed by atoms with Gasteiger partial charge in [0.15, 0.2) is 17.3 Å². The van der Waals surface area contributed by atoms with Crippen LogP contribution in [0.15, 0.2) is 71.6 Å². The van der Waals surface area contributed by atoms with Crippen LogP contribution in [-0.2, 0) is 16.4 Å². The molecular weight excluding hydrogens is 402 g/mol. The Morgan fingerprint density at radius 3 is 2.10 bits per heavy atom. The fourth-order valence-electron chi connectivity index (χ4n) is 2.99. The van der Waals surface area contributed by atoms with Gasteiger partial charge in [0.1, 0.15) is 0 Å². The quantitative estimate of drug-likeness (QED) is 0.546. The van der Waals surface area contributed by atoms with Crippen molar-refractivity contribution in [2.24, 2.45) is 0 Å². The van der Waals surface area contributed by atoms with Crippen LogP contribution in [0.25, 0.3) is 0 Å². The Bertz CT molecular complexity index is 1140. The summed E-state index contributed by atoms with van der Waals surface area (Å²) in [5, 5.41) is 0. The Hall–Kier alpha value is -3.32. The van der Waals surface area contributed by atoms with Gasteiger partial charge in [-0.15, -0.1) is 0 Å². The van der Waals surface area contributed by atoms with E-state index in [2.05, 4.69) is 4.72 Å². The van der Waals surface area contributed by atoms with Gasteiger partial charge < -0.3 is 9.47 Å². The van der Waals surface area contributed by atoms with E-state index < -0.39 is 10.0 Å². The zero-order valence-corrected chi connectivity index (χ0v) is 17.8. The standard InChI is InChI=1S/C23H23NO5S/c1-16-9-11-18(12-10-16)30(26,27)24-20-15-23(29-3)22(28-2)14-19(20)21(25)13-17-7-5-4-6-8-17/h4-12,14-15,24H,13H2,1-3H3. The van der Waals surface area contributed by atoms with Crippen LogP contribution >= 0.6 is 0 Å². The molecule has 30 heavy (non-hydrogen) atoms. The predicted molar refractivity (Wildman–Crippen MR) is 116 cm³/mol. The molecule has 0 radical (unpaired) electrons. The average molecular weight is 426 g/mol. The fourth-order valence-corrected chi connectivity index (χ4v) is 4.06. The normalized spacial score (nSPS) is 11.0. The second kappa shape index (κ2) is 9.00. The summed E-state index contributed by atoms with van der Waals surface area (Å²) in [4.78, 5) is 13.1. The highest BCUT2D eigenvalue weighted by Gasteiger charge is 2.22. The molecule has 0 aliphatic heterocycles. The third kappa shape index (κ3) is 4.80. The summed E-state index contributed by atoms with van der Waals surface area (Å²) in [7, 11) is -0.998. The molecule has 0 bridgehead atoms. The fraction of sp³-hybridized carbons (Fsp3) is 0.174. The molecule has 3 rings (SSSR count). The first-order valence-electron chi connectivity index (χ1n) is 9.26. The number of rotatable bonds is 8. The summed E-state index contributed by atoms with van der Waals surface area (Å²) < 4.78 is 38.9. The lowest BCUT2D eigenvalue weighted by Gasteiger charge is -2.16. The minimum Gasteiger partial charge on any atom is -0.493 e. The largest absolute Gasteiger partial charge is 0.493 e. The van der Waals surface area contributed by atoms with Gasteiger partial charge in [-0.1, -0.05) is 48.0 Å². The third-order valence-corrected chi connectivity index (χ3v) is 5.99. The van der Waals surface area contributed by atoms with Gasteiger partial charge in [0.05, 0.1) is 24.8 Å². The van der Waals surface area contributed by atoms with E-state index in [0.29, 0.717) is 11.5 Å². The predicted octanol–water partition coefficient (Wildman–Crippen LogP) is 4.24. The number of methoxy groups -OCH3 is 2. The molecule has 0 unspecified atom stereocenters. The monoisotopic (exact) mass is 425 g/mol. The van der Waals surface area contributed by atoms with Crippen molar-refractivity contribution in [1.29, 1.82) is 0 Å². The highest BCUT2D eigenvalue weighted by Crippen LogP contribution is 2.35. The maximum absolute atomic E-state index is 13.0. The maximum atomic E-state index is 13.0. The van der Waals surface area contributed by atoms with Crippen LogP contribution in [0.4, 0.5) is 5.69 Å². The van der Waals surface area contributed by atoms with E-state index in [4.69, 9.17) is 9.47 Å². The smallest absolute Gasteiger partial charge is 0.261 e. The summed E-state index contributed by atoms with van der Waals surface area (Å²) in [5.41, 5.74) is 2.10. The minimum atomic E-state index is -3.90. The molecule has 3 aromatic rings. The topological polar surface area (TPSA) is 81.7 Å². The molecule has 0 atom stereocenters. The number of ether oxygens (including phenoxy) is 2. The second-order valence-corrected chi connectivity index (χ2v) is 8.44. The summed E-state index contributed by atoms with van der Waals surface area (Å²) in [6.07, 6.45) is 0.121. The maximum Gasteiger partial charge on any atom is 0.261 e. The lowest BCUT2D eigenvalue weighted by atomic mass is 10.0. The summed E-state index contributed by atoms with van der Waals surface area (Å²) in [5.74, 6) is 0.409. The number of hydrogen-bond donors (Lipinski definition) is 1. The Morgan fingerprint density at radius 2 is 1.50 bits per heavy atom. The van der Waals surface area contributed by atoms with Crippen LogP contribution in [0.1, 0.15) is 21.5 Å². The number of carbonyl (C=O) groups excluding carboxylic acids is 1. The SMILES string of the molecule is COc1cc(NS(=O)(=O)c2ccc(C)cc2)c(C(=O)Cc2ccccc2)cc1OC. The summed E-state index contributed by atoms with van der Waals surface area (Å²) >= 11 is 0. The lowest BCUT2D eigenvalue weighted by molar-refractivity contribution is 0.0993. The van der Waals surface area contributed by atoms with Gasteiger partial charge in [-0.3, -0.25) is 9.52 Å². The number of nitrogens with one attached hydrogen (secondary N) is 1. The highest BCUT2D eigenvalue weighted by molar-refractivity contribution is 7.92. The molecule has 0 saturated heterocycles. The van der Waals surface area contributed by atoms with Crippen molar-refractivity contribution in [3.63, 3.8) is 0 Å². The van der Waals surface area contributed by atoms with E-state index in [9.17, 15) is 13.2 Å². The number of hydrogen-bond acceptors (Lipinski definition) is 5. The van der Waals surface area contributed by atoms with Crippen LogP contribution in [0.5, 0.6) is 11.5 Å². The second-order valence-electron chi connectivity index (χ2n) is 6.76. The van der Waals surface area contributed by atoms with Gasteiger partial charge in [0.25, 0.3) is 10.0 Å². The van der Waals surface area contributed by atoms with E-state index >= 15 is 0 Å². The Kier molecular flexibility index (Phi) is 6.42. The molecule has 0 saturated carbocycles. The number of carbonyl (C=O) groups is 1. The van der Waals surface area contributed by atoms with E-state index in [1.165, 1.54) is 38.5 Å². The zero-order chi connectivity index (χ0) is 21.7. The molecule has 0 aliphatic carbocycles. The van der Waals surface area contributed by atoms with Crippen molar-refractivity contribution in [1.82, 2.24) is 0 Å². The van der Waals surface area contributed by atoms with Crippen LogP contribution in [0, 0.1) is 6.92 Å². The number of benzene rings is 3. The molecular formula is C23H23NO5S. The van der Waals surface area contributed by atoms with E-state index in [-0.39, 0.29) is 28.4 Å². The van der Waals surface area contributed by atoms with E-state index in [1.54, 1.807) is 12.1 Å². The molecule has 0 amide bonds. The molecule has 0 fully saturated rings. The molecule has 7 heteroatoms. The highest BCUT2D eigenvalue weighted by atomic mass is 32.2. The first kappa shape index (κ1) is 21.4. The zero-order valence-electron chi connectivity index (χ0n) is 17.0. The van der Waals surface area contributed by atoms with Gasteiger partial charge >= 0.3 is 0 Å². The molecule has 1 N–H and O–H groups in total. The number of Topliss-reactive ketones (excluding diaryl/α,β-unsaturated/α-hetero) is 1. The van der Waals surface area contributed by atoms with Gasteiger partial charge in [0.2, 0.25) is 0 Å². The van der Waals surface area contributed by atoms with Crippen molar-refractivity contribution in [2.45, 2.75) is 18.2 Å². The first-order valence-corrected chi connectivity index (χ1v) is 10.7. The Morgan fingerprint density at radius 1 is 0.900 bits per heavy atom. The van der Waals surface area contributed by atoms with Crippen molar-refractivity contribution >= 4 is 21.5 Å². The molecule has 156 valence electrons. The van der Waals surface area contributed by atoms with Gasteiger partial charge in [-0.2, -0.15) is 0 Å².